The Morgan fingerprint density at radius 2 is 2.14 bits per heavy atom. The monoisotopic (exact) mass is 316 g/mol. The number of benzene rings is 1. The minimum atomic E-state index is -0.207. The molecule has 6 heteroatoms. The van der Waals surface area contributed by atoms with Gasteiger partial charge in [0.2, 0.25) is 5.91 Å². The minimum Gasteiger partial charge on any atom is -0.490 e. The van der Waals surface area contributed by atoms with Crippen LogP contribution in [0.5, 0.6) is 11.5 Å². The van der Waals surface area contributed by atoms with Crippen molar-refractivity contribution in [1.29, 1.82) is 0 Å². The van der Waals surface area contributed by atoms with E-state index in [1.54, 1.807) is 12.3 Å². The minimum absolute atomic E-state index is 0.207. The number of ether oxygens (including phenoxy) is 2. The van der Waals surface area contributed by atoms with E-state index in [0.29, 0.717) is 18.3 Å². The SMILES string of the molecule is Cc1cnc(NC(=O)C=Cc2ccc3c(c2)OCCCO3)s1. The highest BCUT2D eigenvalue weighted by Crippen LogP contribution is 2.30. The average Bonchev–Trinajstić information content (AvgIpc) is 2.78. The summed E-state index contributed by atoms with van der Waals surface area (Å²) < 4.78 is 11.2. The maximum absolute atomic E-state index is 11.9. The predicted molar refractivity (Wildman–Crippen MR) is 86.6 cm³/mol. The van der Waals surface area contributed by atoms with Crippen LogP contribution in [-0.4, -0.2) is 24.1 Å². The van der Waals surface area contributed by atoms with Crippen LogP contribution < -0.4 is 14.8 Å². The highest BCUT2D eigenvalue weighted by molar-refractivity contribution is 7.15. The van der Waals surface area contributed by atoms with Crippen LogP contribution in [0.25, 0.3) is 6.08 Å². The van der Waals surface area contributed by atoms with Crippen molar-refractivity contribution in [1.82, 2.24) is 4.98 Å². The number of aromatic nitrogens is 1. The van der Waals surface area contributed by atoms with E-state index in [-0.39, 0.29) is 5.91 Å². The van der Waals surface area contributed by atoms with Crippen molar-refractivity contribution in [3.8, 4) is 11.5 Å². The van der Waals surface area contributed by atoms with Crippen LogP contribution in [0.4, 0.5) is 5.13 Å². The number of anilines is 1. The molecular weight excluding hydrogens is 300 g/mol. The molecule has 1 amide bonds. The number of hydrogen-bond donors (Lipinski definition) is 1. The summed E-state index contributed by atoms with van der Waals surface area (Å²) in [7, 11) is 0. The van der Waals surface area contributed by atoms with Gasteiger partial charge in [0.15, 0.2) is 16.6 Å². The first-order valence-electron chi connectivity index (χ1n) is 7.02. The number of nitrogens with zero attached hydrogens (tertiary/aromatic N) is 1. The van der Waals surface area contributed by atoms with Gasteiger partial charge in [-0.15, -0.1) is 11.3 Å². The van der Waals surface area contributed by atoms with Crippen LogP contribution in [-0.2, 0) is 4.79 Å². The Hall–Kier alpha value is -2.34. The standard InChI is InChI=1S/C16H16N2O3S/c1-11-10-17-16(22-11)18-15(19)6-4-12-3-5-13-14(9-12)21-8-2-7-20-13/h3-6,9-10H,2,7-8H2,1H3,(H,17,18,19). The van der Waals surface area contributed by atoms with E-state index in [1.165, 1.54) is 17.4 Å². The molecule has 0 spiro atoms. The molecule has 3 rings (SSSR count). The molecule has 1 aromatic heterocycles. The average molecular weight is 316 g/mol. The zero-order valence-electron chi connectivity index (χ0n) is 12.2. The van der Waals surface area contributed by atoms with Crippen molar-refractivity contribution < 1.29 is 14.3 Å². The Labute approximate surface area is 132 Å². The van der Waals surface area contributed by atoms with Crippen LogP contribution in [0.3, 0.4) is 0 Å². The van der Waals surface area contributed by atoms with Gasteiger partial charge in [0, 0.05) is 23.6 Å². The third kappa shape index (κ3) is 3.65. The van der Waals surface area contributed by atoms with Crippen LogP contribution in [0, 0.1) is 6.92 Å². The van der Waals surface area contributed by atoms with E-state index in [0.717, 1.165) is 28.4 Å². The van der Waals surface area contributed by atoms with Gasteiger partial charge < -0.3 is 9.47 Å². The molecule has 2 aromatic rings. The fourth-order valence-corrected chi connectivity index (χ4v) is 2.68. The van der Waals surface area contributed by atoms with Gasteiger partial charge in [-0.3, -0.25) is 10.1 Å². The molecule has 2 heterocycles. The molecule has 1 aliphatic rings. The Bertz CT molecular complexity index is 709. The number of hydrogen-bond acceptors (Lipinski definition) is 5. The summed E-state index contributed by atoms with van der Waals surface area (Å²) in [4.78, 5) is 17.0. The molecule has 0 fully saturated rings. The van der Waals surface area contributed by atoms with Crippen molar-refractivity contribution in [2.24, 2.45) is 0 Å². The van der Waals surface area contributed by atoms with E-state index < -0.39 is 0 Å². The number of carbonyl (C=O) groups excluding carboxylic acids is 1. The zero-order valence-corrected chi connectivity index (χ0v) is 13.0. The Kier molecular flexibility index (Phi) is 4.39. The fourth-order valence-electron chi connectivity index (χ4n) is 2.02. The second kappa shape index (κ2) is 6.62. The summed E-state index contributed by atoms with van der Waals surface area (Å²) >= 11 is 1.45. The van der Waals surface area contributed by atoms with Crippen molar-refractivity contribution >= 4 is 28.5 Å². The van der Waals surface area contributed by atoms with Gasteiger partial charge in [0.1, 0.15) is 0 Å². The van der Waals surface area contributed by atoms with Crippen LogP contribution in [0.1, 0.15) is 16.9 Å². The number of aryl methyl sites for hydroxylation is 1. The quantitative estimate of drug-likeness (QED) is 0.883. The van der Waals surface area contributed by atoms with Crippen LogP contribution >= 0.6 is 11.3 Å². The molecule has 1 aromatic carbocycles. The van der Waals surface area contributed by atoms with E-state index in [2.05, 4.69) is 10.3 Å². The van der Waals surface area contributed by atoms with E-state index in [1.807, 2.05) is 25.1 Å². The molecule has 0 unspecified atom stereocenters. The molecule has 1 N–H and O–H groups in total. The van der Waals surface area contributed by atoms with Gasteiger partial charge in [0.05, 0.1) is 13.2 Å². The van der Waals surface area contributed by atoms with E-state index in [9.17, 15) is 4.79 Å². The number of fused-ring (bicyclic) bond motifs is 1. The van der Waals surface area contributed by atoms with Crippen molar-refractivity contribution in [2.75, 3.05) is 18.5 Å². The summed E-state index contributed by atoms with van der Waals surface area (Å²) in [6.45, 7) is 3.25. The number of amides is 1. The first-order valence-corrected chi connectivity index (χ1v) is 7.83. The summed E-state index contributed by atoms with van der Waals surface area (Å²) in [6, 6.07) is 5.63. The molecule has 114 valence electrons. The summed E-state index contributed by atoms with van der Waals surface area (Å²) in [5.41, 5.74) is 0.884. The zero-order chi connectivity index (χ0) is 15.4. The fraction of sp³-hybridized carbons (Fsp3) is 0.250. The lowest BCUT2D eigenvalue weighted by Crippen LogP contribution is -2.07. The summed E-state index contributed by atoms with van der Waals surface area (Å²) in [5, 5.41) is 3.33. The topological polar surface area (TPSA) is 60.5 Å². The number of nitrogens with one attached hydrogen (secondary N) is 1. The molecule has 22 heavy (non-hydrogen) atoms. The first-order chi connectivity index (χ1) is 10.7. The number of rotatable bonds is 3. The third-order valence-electron chi connectivity index (χ3n) is 3.05. The predicted octanol–water partition coefficient (Wildman–Crippen LogP) is 3.26. The molecule has 5 nitrogen and oxygen atoms in total. The van der Waals surface area contributed by atoms with Gasteiger partial charge >= 0.3 is 0 Å². The highest BCUT2D eigenvalue weighted by atomic mass is 32.1. The Morgan fingerprint density at radius 3 is 2.91 bits per heavy atom. The van der Waals surface area contributed by atoms with Gasteiger partial charge in [-0.25, -0.2) is 4.98 Å². The van der Waals surface area contributed by atoms with Crippen LogP contribution in [0.15, 0.2) is 30.5 Å². The number of thiazole rings is 1. The molecule has 0 atom stereocenters. The first kappa shape index (κ1) is 14.6. The normalized spacial score (nSPS) is 13.9. The second-order valence-corrected chi connectivity index (χ2v) is 6.09. The van der Waals surface area contributed by atoms with Gasteiger partial charge in [0.25, 0.3) is 0 Å². The maximum Gasteiger partial charge on any atom is 0.250 e. The Balaban J connectivity index is 1.67. The highest BCUT2D eigenvalue weighted by Gasteiger charge is 2.10. The lowest BCUT2D eigenvalue weighted by Gasteiger charge is -2.07. The van der Waals surface area contributed by atoms with Crippen molar-refractivity contribution in [3.63, 3.8) is 0 Å². The van der Waals surface area contributed by atoms with Crippen molar-refractivity contribution in [3.05, 3.63) is 40.9 Å². The van der Waals surface area contributed by atoms with Gasteiger partial charge in [-0.1, -0.05) is 6.07 Å². The molecular formula is C16H16N2O3S. The van der Waals surface area contributed by atoms with Gasteiger partial charge in [-0.05, 0) is 30.7 Å². The third-order valence-corrected chi connectivity index (χ3v) is 3.88. The van der Waals surface area contributed by atoms with Crippen LogP contribution in [0.2, 0.25) is 0 Å². The molecule has 1 aliphatic heterocycles. The molecule has 0 aliphatic carbocycles. The molecule has 0 radical (unpaired) electrons. The Morgan fingerprint density at radius 1 is 1.32 bits per heavy atom. The van der Waals surface area contributed by atoms with E-state index in [4.69, 9.17) is 9.47 Å². The smallest absolute Gasteiger partial charge is 0.250 e. The maximum atomic E-state index is 11.9. The van der Waals surface area contributed by atoms with Crippen molar-refractivity contribution in [2.45, 2.75) is 13.3 Å². The number of carbonyl (C=O) groups is 1. The summed E-state index contributed by atoms with van der Waals surface area (Å²) in [6.07, 6.45) is 5.82. The van der Waals surface area contributed by atoms with Gasteiger partial charge in [-0.2, -0.15) is 0 Å². The largest absolute Gasteiger partial charge is 0.490 e. The second-order valence-electron chi connectivity index (χ2n) is 4.86. The molecule has 0 bridgehead atoms. The lowest BCUT2D eigenvalue weighted by molar-refractivity contribution is -0.111. The lowest BCUT2D eigenvalue weighted by atomic mass is 10.2. The van der Waals surface area contributed by atoms with E-state index >= 15 is 0 Å². The summed E-state index contributed by atoms with van der Waals surface area (Å²) in [5.74, 6) is 1.26. The molecule has 0 saturated heterocycles. The molecule has 0 saturated carbocycles.